The Kier molecular flexibility index (Phi) is 10.8. The fourth-order valence-corrected chi connectivity index (χ4v) is 1.85. The topological polar surface area (TPSA) is 45.0 Å². The lowest BCUT2D eigenvalue weighted by Crippen LogP contribution is -1.82. The third-order valence-electron chi connectivity index (χ3n) is 2.84. The highest BCUT2D eigenvalue weighted by molar-refractivity contribution is 6.17. The van der Waals surface area contributed by atoms with Crippen LogP contribution in [0.4, 0.5) is 11.4 Å². The standard InChI is InChI=1S/C12H10N2.C6H13ClO/c1-3-7-11(8-4-1)13-14-12-9-5-2-6-10-12;7-5-3-1-2-4-6-8/h1-10H;8H,1-6H2. The summed E-state index contributed by atoms with van der Waals surface area (Å²) in [6, 6.07) is 19.4. The van der Waals surface area contributed by atoms with Crippen molar-refractivity contribution in [2.45, 2.75) is 25.7 Å². The van der Waals surface area contributed by atoms with E-state index in [0.717, 1.165) is 42.9 Å². The summed E-state index contributed by atoms with van der Waals surface area (Å²) in [5, 5.41) is 16.5. The maximum atomic E-state index is 8.33. The van der Waals surface area contributed by atoms with Gasteiger partial charge in [0.15, 0.2) is 0 Å². The predicted octanol–water partition coefficient (Wildman–Crippen LogP) is 5.88. The summed E-state index contributed by atoms with van der Waals surface area (Å²) in [6.07, 6.45) is 4.28. The van der Waals surface area contributed by atoms with Gasteiger partial charge in [0.1, 0.15) is 0 Å². The molecule has 0 atom stereocenters. The van der Waals surface area contributed by atoms with Crippen molar-refractivity contribution in [3.63, 3.8) is 0 Å². The molecule has 0 radical (unpaired) electrons. The first-order valence-electron chi connectivity index (χ1n) is 7.55. The van der Waals surface area contributed by atoms with E-state index < -0.39 is 0 Å². The Hall–Kier alpha value is -1.71. The fourth-order valence-electron chi connectivity index (χ4n) is 1.66. The van der Waals surface area contributed by atoms with Crippen LogP contribution in [0.25, 0.3) is 0 Å². The van der Waals surface area contributed by atoms with Gasteiger partial charge in [0.05, 0.1) is 11.4 Å². The second-order valence-electron chi connectivity index (χ2n) is 4.70. The van der Waals surface area contributed by atoms with E-state index >= 15 is 0 Å². The normalized spacial score (nSPS) is 10.3. The Morgan fingerprint density at radius 2 is 1.14 bits per heavy atom. The molecule has 0 aromatic heterocycles. The number of nitrogens with zero attached hydrogens (tertiary/aromatic N) is 2. The molecule has 1 N–H and O–H groups in total. The molecular weight excluding hydrogens is 296 g/mol. The van der Waals surface area contributed by atoms with Crippen LogP contribution in [0.3, 0.4) is 0 Å². The van der Waals surface area contributed by atoms with E-state index in [2.05, 4.69) is 10.2 Å². The van der Waals surface area contributed by atoms with Crippen LogP contribution in [0, 0.1) is 0 Å². The van der Waals surface area contributed by atoms with E-state index in [9.17, 15) is 0 Å². The van der Waals surface area contributed by atoms with Crippen LogP contribution in [0.1, 0.15) is 25.7 Å². The van der Waals surface area contributed by atoms with Gasteiger partial charge in [-0.05, 0) is 37.1 Å². The molecule has 2 rings (SSSR count). The van der Waals surface area contributed by atoms with Crippen LogP contribution < -0.4 is 0 Å². The van der Waals surface area contributed by atoms with Crippen LogP contribution in [0.2, 0.25) is 0 Å². The molecular formula is C18H23ClN2O. The zero-order valence-electron chi connectivity index (χ0n) is 12.7. The molecule has 0 aliphatic heterocycles. The summed E-state index contributed by atoms with van der Waals surface area (Å²) in [6.45, 7) is 0.322. The number of unbranched alkanes of at least 4 members (excludes halogenated alkanes) is 3. The molecule has 2 aromatic rings. The molecule has 3 nitrogen and oxygen atoms in total. The van der Waals surface area contributed by atoms with Crippen molar-refractivity contribution in [2.24, 2.45) is 10.2 Å². The van der Waals surface area contributed by atoms with Gasteiger partial charge >= 0.3 is 0 Å². The zero-order chi connectivity index (χ0) is 15.9. The van der Waals surface area contributed by atoms with Gasteiger partial charge in [0, 0.05) is 12.5 Å². The minimum Gasteiger partial charge on any atom is -0.396 e. The number of halogens is 1. The number of benzene rings is 2. The summed E-state index contributed by atoms with van der Waals surface area (Å²) in [7, 11) is 0. The molecule has 4 heteroatoms. The first-order chi connectivity index (χ1) is 10.9. The lowest BCUT2D eigenvalue weighted by molar-refractivity contribution is 0.283. The van der Waals surface area contributed by atoms with Gasteiger partial charge in [0.2, 0.25) is 0 Å². The summed E-state index contributed by atoms with van der Waals surface area (Å²) in [4.78, 5) is 0. The Labute approximate surface area is 137 Å². The summed E-state index contributed by atoms with van der Waals surface area (Å²) < 4.78 is 0. The lowest BCUT2D eigenvalue weighted by Gasteiger charge is -1.92. The molecule has 118 valence electrons. The van der Waals surface area contributed by atoms with Crippen molar-refractivity contribution in [3.8, 4) is 0 Å². The highest BCUT2D eigenvalue weighted by Crippen LogP contribution is 2.16. The molecule has 0 saturated heterocycles. The van der Waals surface area contributed by atoms with Gasteiger partial charge < -0.3 is 5.11 Å². The van der Waals surface area contributed by atoms with E-state index in [4.69, 9.17) is 16.7 Å². The molecule has 0 heterocycles. The van der Waals surface area contributed by atoms with Crippen LogP contribution in [0.15, 0.2) is 70.9 Å². The average molecular weight is 319 g/mol. The minimum absolute atomic E-state index is 0.322. The molecule has 2 aromatic carbocycles. The first kappa shape index (κ1) is 18.3. The van der Waals surface area contributed by atoms with Crippen molar-refractivity contribution in [1.29, 1.82) is 0 Å². The quantitative estimate of drug-likeness (QED) is 0.386. The molecule has 0 aliphatic carbocycles. The largest absolute Gasteiger partial charge is 0.396 e. The number of hydrogen-bond donors (Lipinski definition) is 1. The van der Waals surface area contributed by atoms with Crippen LogP contribution >= 0.6 is 11.6 Å². The van der Waals surface area contributed by atoms with Crippen LogP contribution in [-0.2, 0) is 0 Å². The summed E-state index contributed by atoms with van der Waals surface area (Å²) in [5.74, 6) is 0.755. The third kappa shape index (κ3) is 9.27. The molecule has 22 heavy (non-hydrogen) atoms. The third-order valence-corrected chi connectivity index (χ3v) is 3.10. The minimum atomic E-state index is 0.322. The first-order valence-corrected chi connectivity index (χ1v) is 8.09. The second kappa shape index (κ2) is 13.0. The Balaban J connectivity index is 0.000000261. The molecule has 0 saturated carbocycles. The van der Waals surface area contributed by atoms with Crippen molar-refractivity contribution in [2.75, 3.05) is 12.5 Å². The molecule has 0 unspecified atom stereocenters. The molecule has 0 fully saturated rings. The van der Waals surface area contributed by atoms with E-state index in [0.29, 0.717) is 6.61 Å². The Morgan fingerprint density at radius 3 is 1.55 bits per heavy atom. The van der Waals surface area contributed by atoms with Crippen molar-refractivity contribution < 1.29 is 5.11 Å². The number of alkyl halides is 1. The van der Waals surface area contributed by atoms with Crippen molar-refractivity contribution >= 4 is 23.0 Å². The van der Waals surface area contributed by atoms with E-state index in [1.807, 2.05) is 60.7 Å². The second-order valence-corrected chi connectivity index (χ2v) is 5.08. The van der Waals surface area contributed by atoms with Crippen LogP contribution in [0.5, 0.6) is 0 Å². The number of rotatable bonds is 7. The SMILES string of the molecule is OCCCCCCCl.c1ccc(N=Nc2ccccc2)cc1. The zero-order valence-corrected chi connectivity index (χ0v) is 13.5. The Bertz CT molecular complexity index is 456. The predicted molar refractivity (Wildman–Crippen MR) is 93.3 cm³/mol. The molecule has 0 amide bonds. The number of hydrogen-bond acceptors (Lipinski definition) is 3. The maximum Gasteiger partial charge on any atom is 0.0857 e. The number of aliphatic hydroxyl groups excluding tert-OH is 1. The van der Waals surface area contributed by atoms with Crippen molar-refractivity contribution in [1.82, 2.24) is 0 Å². The van der Waals surface area contributed by atoms with Gasteiger partial charge in [0.25, 0.3) is 0 Å². The van der Waals surface area contributed by atoms with E-state index in [1.165, 1.54) is 0 Å². The average Bonchev–Trinajstić information content (AvgIpc) is 2.59. The van der Waals surface area contributed by atoms with Gasteiger partial charge in [-0.3, -0.25) is 0 Å². The smallest absolute Gasteiger partial charge is 0.0857 e. The summed E-state index contributed by atoms with van der Waals surface area (Å²) >= 11 is 5.42. The molecule has 0 bridgehead atoms. The molecule has 0 aliphatic rings. The van der Waals surface area contributed by atoms with Gasteiger partial charge in [-0.2, -0.15) is 10.2 Å². The highest BCUT2D eigenvalue weighted by Gasteiger charge is 1.87. The number of azo groups is 1. The van der Waals surface area contributed by atoms with E-state index in [-0.39, 0.29) is 0 Å². The number of aliphatic hydroxyl groups is 1. The molecule has 0 spiro atoms. The van der Waals surface area contributed by atoms with Crippen molar-refractivity contribution in [3.05, 3.63) is 60.7 Å². The highest BCUT2D eigenvalue weighted by atomic mass is 35.5. The van der Waals surface area contributed by atoms with Crippen LogP contribution in [-0.4, -0.2) is 17.6 Å². The fraction of sp³-hybridized carbons (Fsp3) is 0.333. The maximum absolute atomic E-state index is 8.33. The monoisotopic (exact) mass is 318 g/mol. The van der Waals surface area contributed by atoms with Gasteiger partial charge in [-0.25, -0.2) is 0 Å². The Morgan fingerprint density at radius 1 is 0.682 bits per heavy atom. The van der Waals surface area contributed by atoms with Gasteiger partial charge in [-0.1, -0.05) is 49.2 Å². The lowest BCUT2D eigenvalue weighted by atomic mass is 10.2. The van der Waals surface area contributed by atoms with Gasteiger partial charge in [-0.15, -0.1) is 11.6 Å². The summed E-state index contributed by atoms with van der Waals surface area (Å²) in [5.41, 5.74) is 1.74. The van der Waals surface area contributed by atoms with E-state index in [1.54, 1.807) is 0 Å².